The Morgan fingerprint density at radius 1 is 1.32 bits per heavy atom. The third kappa shape index (κ3) is 2.58. The first-order valence-electron chi connectivity index (χ1n) is 6.12. The number of likely N-dealkylation sites (N-methyl/N-ethyl adjacent to an activating group) is 1. The van der Waals surface area contributed by atoms with Crippen molar-refractivity contribution in [2.24, 2.45) is 5.84 Å². The third-order valence-electron chi connectivity index (χ3n) is 3.79. The van der Waals surface area contributed by atoms with Crippen LogP contribution in [-0.4, -0.2) is 47.1 Å². The number of anilines is 2. The van der Waals surface area contributed by atoms with Crippen molar-refractivity contribution >= 4 is 23.2 Å². The van der Waals surface area contributed by atoms with E-state index in [1.807, 2.05) is 11.8 Å². The fraction of sp³-hybridized carbons (Fsp3) is 0.636. The van der Waals surface area contributed by atoms with Gasteiger partial charge in [0, 0.05) is 25.2 Å². The third-order valence-corrected chi connectivity index (χ3v) is 3.96. The summed E-state index contributed by atoms with van der Waals surface area (Å²) in [5.41, 5.74) is 2.20. The molecule has 0 spiro atoms. The van der Waals surface area contributed by atoms with Crippen LogP contribution < -0.4 is 16.2 Å². The molecule has 1 aliphatic rings. The fourth-order valence-electron chi connectivity index (χ4n) is 2.29. The standard InChI is InChI=1S/C11H18ClFN6/c1-6-7(2)19(5-4-18(6)3)10-8(13)9(17-14)15-11(12)16-10/h6-7H,4-5,14H2,1-3H3,(H,15,16,17)/t6-,7-/m1/s1. The van der Waals surface area contributed by atoms with Crippen molar-refractivity contribution in [3.05, 3.63) is 11.1 Å². The zero-order valence-electron chi connectivity index (χ0n) is 11.2. The monoisotopic (exact) mass is 288 g/mol. The van der Waals surface area contributed by atoms with Gasteiger partial charge in [-0.2, -0.15) is 14.4 Å². The number of hydrogen-bond acceptors (Lipinski definition) is 6. The van der Waals surface area contributed by atoms with E-state index in [9.17, 15) is 4.39 Å². The molecular formula is C11H18ClFN6. The highest BCUT2D eigenvalue weighted by molar-refractivity contribution is 6.28. The SMILES string of the molecule is C[C@@H]1[C@@H](C)N(c2nc(Cl)nc(NN)c2F)CCN1C. The summed E-state index contributed by atoms with van der Waals surface area (Å²) >= 11 is 5.81. The first-order valence-corrected chi connectivity index (χ1v) is 6.50. The van der Waals surface area contributed by atoms with Crippen LogP contribution in [0.4, 0.5) is 16.0 Å². The average molecular weight is 289 g/mol. The second-order valence-electron chi connectivity index (χ2n) is 4.78. The van der Waals surface area contributed by atoms with Crippen LogP contribution in [0, 0.1) is 5.82 Å². The lowest BCUT2D eigenvalue weighted by Crippen LogP contribution is -2.56. The number of aromatic nitrogens is 2. The van der Waals surface area contributed by atoms with Gasteiger partial charge in [0.1, 0.15) is 0 Å². The van der Waals surface area contributed by atoms with E-state index < -0.39 is 5.82 Å². The lowest BCUT2D eigenvalue weighted by atomic mass is 10.1. The summed E-state index contributed by atoms with van der Waals surface area (Å²) < 4.78 is 14.3. The first-order chi connectivity index (χ1) is 8.95. The van der Waals surface area contributed by atoms with Crippen LogP contribution in [0.1, 0.15) is 13.8 Å². The molecular weight excluding hydrogens is 271 g/mol. The summed E-state index contributed by atoms with van der Waals surface area (Å²) in [4.78, 5) is 11.8. The average Bonchev–Trinajstić information content (AvgIpc) is 2.39. The van der Waals surface area contributed by atoms with E-state index in [0.717, 1.165) is 6.54 Å². The maximum Gasteiger partial charge on any atom is 0.226 e. The van der Waals surface area contributed by atoms with Crippen molar-refractivity contribution in [1.29, 1.82) is 0 Å². The Morgan fingerprint density at radius 2 is 2.00 bits per heavy atom. The number of nitrogens with two attached hydrogens (primary N) is 1. The Labute approximate surface area is 116 Å². The quantitative estimate of drug-likeness (QED) is 0.482. The van der Waals surface area contributed by atoms with Crippen LogP contribution in [-0.2, 0) is 0 Å². The van der Waals surface area contributed by atoms with E-state index in [-0.39, 0.29) is 29.0 Å². The topological polar surface area (TPSA) is 70.3 Å². The van der Waals surface area contributed by atoms with Gasteiger partial charge in [-0.15, -0.1) is 0 Å². The van der Waals surface area contributed by atoms with E-state index >= 15 is 0 Å². The summed E-state index contributed by atoms with van der Waals surface area (Å²) in [5, 5.41) is -0.0249. The van der Waals surface area contributed by atoms with Gasteiger partial charge < -0.3 is 10.3 Å². The molecule has 1 saturated heterocycles. The summed E-state index contributed by atoms with van der Waals surface area (Å²) in [6, 6.07) is 0.404. The van der Waals surface area contributed by atoms with Gasteiger partial charge in [-0.1, -0.05) is 0 Å². The Morgan fingerprint density at radius 3 is 2.63 bits per heavy atom. The first kappa shape index (κ1) is 14.2. The van der Waals surface area contributed by atoms with Crippen LogP contribution in [0.25, 0.3) is 0 Å². The number of piperazine rings is 1. The van der Waals surface area contributed by atoms with Crippen molar-refractivity contribution in [2.75, 3.05) is 30.5 Å². The van der Waals surface area contributed by atoms with E-state index in [2.05, 4.69) is 34.3 Å². The molecule has 2 rings (SSSR count). The number of nitrogen functional groups attached to an aromatic ring is 1. The van der Waals surface area contributed by atoms with Crippen molar-refractivity contribution < 1.29 is 4.39 Å². The molecule has 0 bridgehead atoms. The Balaban J connectivity index is 2.39. The molecule has 106 valence electrons. The number of rotatable bonds is 2. The largest absolute Gasteiger partial charge is 0.348 e. The smallest absolute Gasteiger partial charge is 0.226 e. The summed E-state index contributed by atoms with van der Waals surface area (Å²) in [5.74, 6) is 4.77. The molecule has 0 unspecified atom stereocenters. The number of nitrogens with zero attached hydrogens (tertiary/aromatic N) is 4. The molecule has 0 amide bonds. The van der Waals surface area contributed by atoms with E-state index in [0.29, 0.717) is 6.54 Å². The molecule has 2 atom stereocenters. The minimum Gasteiger partial charge on any atom is -0.348 e. The van der Waals surface area contributed by atoms with E-state index in [4.69, 9.17) is 17.4 Å². The zero-order chi connectivity index (χ0) is 14.2. The molecule has 6 nitrogen and oxygen atoms in total. The Bertz CT molecular complexity index is 471. The maximum absolute atomic E-state index is 14.3. The molecule has 0 aromatic carbocycles. The molecule has 0 saturated carbocycles. The van der Waals surface area contributed by atoms with Gasteiger partial charge in [-0.05, 0) is 32.5 Å². The van der Waals surface area contributed by atoms with Gasteiger partial charge in [0.15, 0.2) is 11.6 Å². The van der Waals surface area contributed by atoms with Crippen LogP contribution in [0.3, 0.4) is 0 Å². The predicted octanol–water partition coefficient (Wildman–Crippen LogP) is 1.08. The van der Waals surface area contributed by atoms with Crippen molar-refractivity contribution in [3.63, 3.8) is 0 Å². The second-order valence-corrected chi connectivity index (χ2v) is 5.12. The van der Waals surface area contributed by atoms with Gasteiger partial charge in [-0.3, -0.25) is 4.90 Å². The van der Waals surface area contributed by atoms with Gasteiger partial charge in [0.05, 0.1) is 0 Å². The van der Waals surface area contributed by atoms with Crippen LogP contribution in [0.5, 0.6) is 0 Å². The highest BCUT2D eigenvalue weighted by Crippen LogP contribution is 2.28. The molecule has 8 heteroatoms. The van der Waals surface area contributed by atoms with Crippen LogP contribution in [0.15, 0.2) is 0 Å². The van der Waals surface area contributed by atoms with Crippen LogP contribution >= 0.6 is 11.6 Å². The molecule has 0 aliphatic carbocycles. The molecule has 2 heterocycles. The number of halogens is 2. The highest BCUT2D eigenvalue weighted by Gasteiger charge is 2.32. The van der Waals surface area contributed by atoms with Crippen molar-refractivity contribution in [1.82, 2.24) is 14.9 Å². The lowest BCUT2D eigenvalue weighted by molar-refractivity contribution is 0.194. The van der Waals surface area contributed by atoms with E-state index in [1.54, 1.807) is 0 Å². The maximum atomic E-state index is 14.3. The van der Waals surface area contributed by atoms with Gasteiger partial charge in [0.2, 0.25) is 11.1 Å². The van der Waals surface area contributed by atoms with Gasteiger partial charge in [-0.25, -0.2) is 5.84 Å². The van der Waals surface area contributed by atoms with Gasteiger partial charge >= 0.3 is 0 Å². The van der Waals surface area contributed by atoms with E-state index in [1.165, 1.54) is 0 Å². The van der Waals surface area contributed by atoms with Crippen molar-refractivity contribution in [2.45, 2.75) is 25.9 Å². The molecule has 3 N–H and O–H groups in total. The predicted molar refractivity (Wildman–Crippen MR) is 73.7 cm³/mol. The summed E-state index contributed by atoms with van der Waals surface area (Å²) in [6.45, 7) is 5.64. The number of nitrogens with one attached hydrogen (secondary N) is 1. The number of hydrazine groups is 1. The molecule has 1 aromatic heterocycles. The highest BCUT2D eigenvalue weighted by atomic mass is 35.5. The normalized spacial score (nSPS) is 24.6. The molecule has 1 fully saturated rings. The zero-order valence-corrected chi connectivity index (χ0v) is 11.9. The summed E-state index contributed by atoms with van der Waals surface area (Å²) in [6.07, 6.45) is 0. The van der Waals surface area contributed by atoms with Gasteiger partial charge in [0.25, 0.3) is 0 Å². The minimum absolute atomic E-state index is 0.0249. The minimum atomic E-state index is -0.574. The number of hydrogen-bond donors (Lipinski definition) is 2. The Kier molecular flexibility index (Phi) is 4.07. The molecule has 1 aromatic rings. The van der Waals surface area contributed by atoms with Crippen LogP contribution in [0.2, 0.25) is 5.28 Å². The summed E-state index contributed by atoms with van der Waals surface area (Å²) in [7, 11) is 2.05. The second kappa shape index (κ2) is 5.44. The Hall–Kier alpha value is -1.18. The molecule has 1 aliphatic heterocycles. The van der Waals surface area contributed by atoms with Crippen molar-refractivity contribution in [3.8, 4) is 0 Å². The lowest BCUT2D eigenvalue weighted by Gasteiger charge is -2.44. The molecule has 0 radical (unpaired) electrons. The molecule has 19 heavy (non-hydrogen) atoms. The fourth-order valence-corrected chi connectivity index (χ4v) is 2.46.